The second kappa shape index (κ2) is 6.13. The molecule has 0 spiro atoms. The van der Waals surface area contributed by atoms with Gasteiger partial charge in [-0.15, -0.1) is 0 Å². The van der Waals surface area contributed by atoms with Crippen LogP contribution in [0.4, 0.5) is 10.1 Å². The molecule has 2 fully saturated rings. The van der Waals surface area contributed by atoms with Crippen LogP contribution in [0.1, 0.15) is 44.6 Å². The summed E-state index contributed by atoms with van der Waals surface area (Å²) in [7, 11) is 0. The minimum atomic E-state index is -0.0669. The number of rotatable bonds is 4. The van der Waals surface area contributed by atoms with Crippen molar-refractivity contribution in [2.45, 2.75) is 51.6 Å². The molecule has 1 heterocycles. The summed E-state index contributed by atoms with van der Waals surface area (Å²) in [6, 6.07) is 6.19. The molecule has 1 aliphatic heterocycles. The minimum Gasteiger partial charge on any atom is -0.368 e. The average Bonchev–Trinajstić information content (AvgIpc) is 2.89. The molecule has 1 N–H and O–H groups in total. The molecule has 0 radical (unpaired) electrons. The Morgan fingerprint density at radius 3 is 2.95 bits per heavy atom. The standard InChI is InChI=1S/C17H25FN2/c1-2-19-12-14-15(18)7-5-9-17(14)20-11-10-13-6-3-4-8-16(13)20/h5,7,9,13,16,19H,2-4,6,8,10-12H2,1H3. The van der Waals surface area contributed by atoms with E-state index < -0.39 is 0 Å². The third-order valence-corrected chi connectivity index (χ3v) is 4.97. The second-order valence-corrected chi connectivity index (χ2v) is 6.11. The number of benzene rings is 1. The van der Waals surface area contributed by atoms with E-state index in [1.54, 1.807) is 6.07 Å². The van der Waals surface area contributed by atoms with Crippen LogP contribution in [-0.4, -0.2) is 19.1 Å². The van der Waals surface area contributed by atoms with Gasteiger partial charge in [-0.3, -0.25) is 0 Å². The third-order valence-electron chi connectivity index (χ3n) is 4.97. The molecule has 1 saturated heterocycles. The highest BCUT2D eigenvalue weighted by atomic mass is 19.1. The monoisotopic (exact) mass is 276 g/mol. The van der Waals surface area contributed by atoms with Crippen LogP contribution < -0.4 is 10.2 Å². The van der Waals surface area contributed by atoms with E-state index in [2.05, 4.69) is 23.2 Å². The van der Waals surface area contributed by atoms with E-state index in [0.717, 1.165) is 30.3 Å². The van der Waals surface area contributed by atoms with E-state index in [9.17, 15) is 4.39 Å². The van der Waals surface area contributed by atoms with Crippen molar-refractivity contribution in [2.75, 3.05) is 18.0 Å². The Hall–Kier alpha value is -1.09. The van der Waals surface area contributed by atoms with Crippen LogP contribution in [0.5, 0.6) is 0 Å². The van der Waals surface area contributed by atoms with Crippen molar-refractivity contribution < 1.29 is 4.39 Å². The molecule has 2 aliphatic rings. The fourth-order valence-corrected chi connectivity index (χ4v) is 3.95. The molecule has 1 aliphatic carbocycles. The largest absolute Gasteiger partial charge is 0.368 e. The fraction of sp³-hybridized carbons (Fsp3) is 0.647. The smallest absolute Gasteiger partial charge is 0.129 e. The highest BCUT2D eigenvalue weighted by Gasteiger charge is 2.36. The SMILES string of the molecule is CCNCc1c(F)cccc1N1CCC2CCCCC21. The van der Waals surface area contributed by atoms with Crippen molar-refractivity contribution in [3.63, 3.8) is 0 Å². The molecule has 0 aromatic heterocycles. The van der Waals surface area contributed by atoms with Crippen LogP contribution >= 0.6 is 0 Å². The summed E-state index contributed by atoms with van der Waals surface area (Å²) in [5.41, 5.74) is 1.97. The first-order valence-electron chi connectivity index (χ1n) is 8.06. The van der Waals surface area contributed by atoms with Gasteiger partial charge in [-0.05, 0) is 43.9 Å². The molecule has 1 saturated carbocycles. The van der Waals surface area contributed by atoms with Crippen molar-refractivity contribution in [1.82, 2.24) is 5.32 Å². The maximum atomic E-state index is 14.2. The van der Waals surface area contributed by atoms with Gasteiger partial charge in [0.1, 0.15) is 5.82 Å². The predicted octanol–water partition coefficient (Wildman–Crippen LogP) is 3.70. The number of anilines is 1. The third kappa shape index (κ3) is 2.56. The quantitative estimate of drug-likeness (QED) is 0.902. The number of halogens is 1. The summed E-state index contributed by atoms with van der Waals surface area (Å²) in [5, 5.41) is 3.27. The lowest BCUT2D eigenvalue weighted by atomic mass is 9.85. The first kappa shape index (κ1) is 13.9. The van der Waals surface area contributed by atoms with Gasteiger partial charge in [-0.25, -0.2) is 4.39 Å². The molecule has 0 bridgehead atoms. The average molecular weight is 276 g/mol. The maximum Gasteiger partial charge on any atom is 0.129 e. The van der Waals surface area contributed by atoms with Crippen LogP contribution in [0.15, 0.2) is 18.2 Å². The van der Waals surface area contributed by atoms with Gasteiger partial charge in [0.15, 0.2) is 0 Å². The Labute approximate surface area is 121 Å². The number of nitrogens with one attached hydrogen (secondary N) is 1. The molecule has 2 nitrogen and oxygen atoms in total. The van der Waals surface area contributed by atoms with E-state index in [4.69, 9.17) is 0 Å². The van der Waals surface area contributed by atoms with Gasteiger partial charge >= 0.3 is 0 Å². The molecule has 0 amide bonds. The molecule has 110 valence electrons. The van der Waals surface area contributed by atoms with Gasteiger partial charge < -0.3 is 10.2 Å². The lowest BCUT2D eigenvalue weighted by molar-refractivity contribution is 0.342. The topological polar surface area (TPSA) is 15.3 Å². The normalized spacial score (nSPS) is 25.8. The molecule has 1 aromatic rings. The van der Waals surface area contributed by atoms with Gasteiger partial charge in [0.05, 0.1) is 0 Å². The van der Waals surface area contributed by atoms with Gasteiger partial charge in [-0.1, -0.05) is 25.8 Å². The molecule has 3 rings (SSSR count). The predicted molar refractivity (Wildman–Crippen MR) is 81.5 cm³/mol. The first-order chi connectivity index (χ1) is 9.81. The van der Waals surface area contributed by atoms with Crippen molar-refractivity contribution in [3.05, 3.63) is 29.6 Å². The van der Waals surface area contributed by atoms with Crippen molar-refractivity contribution in [1.29, 1.82) is 0 Å². The lowest BCUT2D eigenvalue weighted by Crippen LogP contribution is -2.35. The molecule has 20 heavy (non-hydrogen) atoms. The van der Waals surface area contributed by atoms with E-state index >= 15 is 0 Å². The molecule has 2 atom stereocenters. The van der Waals surface area contributed by atoms with Crippen molar-refractivity contribution >= 4 is 5.69 Å². The van der Waals surface area contributed by atoms with Gasteiger partial charge in [0.2, 0.25) is 0 Å². The number of fused-ring (bicyclic) bond motifs is 1. The van der Waals surface area contributed by atoms with Crippen LogP contribution in [0, 0.1) is 11.7 Å². The summed E-state index contributed by atoms with van der Waals surface area (Å²) in [5.74, 6) is 0.765. The minimum absolute atomic E-state index is 0.0669. The molecular formula is C17H25FN2. The van der Waals surface area contributed by atoms with Crippen LogP contribution in [0.25, 0.3) is 0 Å². The van der Waals surface area contributed by atoms with E-state index in [0.29, 0.717) is 12.6 Å². The van der Waals surface area contributed by atoms with Gasteiger partial charge in [0.25, 0.3) is 0 Å². The number of hydrogen-bond donors (Lipinski definition) is 1. The van der Waals surface area contributed by atoms with Crippen LogP contribution in [0.2, 0.25) is 0 Å². The van der Waals surface area contributed by atoms with E-state index in [1.165, 1.54) is 32.1 Å². The summed E-state index contributed by atoms with van der Waals surface area (Å²) in [6.07, 6.45) is 6.63. The zero-order chi connectivity index (χ0) is 13.9. The summed E-state index contributed by atoms with van der Waals surface area (Å²) in [4.78, 5) is 2.49. The van der Waals surface area contributed by atoms with Gasteiger partial charge in [0, 0.05) is 30.4 Å². The number of nitrogens with zero attached hydrogens (tertiary/aromatic N) is 1. The highest BCUT2D eigenvalue weighted by molar-refractivity contribution is 5.56. The summed E-state index contributed by atoms with van der Waals surface area (Å²) < 4.78 is 14.2. The summed E-state index contributed by atoms with van der Waals surface area (Å²) >= 11 is 0. The highest BCUT2D eigenvalue weighted by Crippen LogP contribution is 2.40. The van der Waals surface area contributed by atoms with Crippen LogP contribution in [-0.2, 0) is 6.54 Å². The molecule has 3 heteroatoms. The van der Waals surface area contributed by atoms with E-state index in [-0.39, 0.29) is 5.82 Å². The first-order valence-corrected chi connectivity index (χ1v) is 8.06. The van der Waals surface area contributed by atoms with Crippen molar-refractivity contribution in [2.24, 2.45) is 5.92 Å². The Morgan fingerprint density at radius 1 is 1.25 bits per heavy atom. The number of hydrogen-bond acceptors (Lipinski definition) is 2. The Balaban J connectivity index is 1.87. The van der Waals surface area contributed by atoms with Gasteiger partial charge in [-0.2, -0.15) is 0 Å². The Morgan fingerprint density at radius 2 is 2.10 bits per heavy atom. The second-order valence-electron chi connectivity index (χ2n) is 6.11. The van der Waals surface area contributed by atoms with Crippen molar-refractivity contribution in [3.8, 4) is 0 Å². The molecule has 2 unspecified atom stereocenters. The molecule has 1 aromatic carbocycles. The van der Waals surface area contributed by atoms with E-state index in [1.807, 2.05) is 6.07 Å². The maximum absolute atomic E-state index is 14.2. The Kier molecular flexibility index (Phi) is 4.25. The molecular weight excluding hydrogens is 251 g/mol. The zero-order valence-corrected chi connectivity index (χ0v) is 12.4. The van der Waals surface area contributed by atoms with Crippen LogP contribution in [0.3, 0.4) is 0 Å². The fourth-order valence-electron chi connectivity index (χ4n) is 3.95. The summed E-state index contributed by atoms with van der Waals surface area (Å²) in [6.45, 7) is 4.66. The Bertz CT molecular complexity index is 460. The zero-order valence-electron chi connectivity index (χ0n) is 12.4. The lowest BCUT2D eigenvalue weighted by Gasteiger charge is -2.34.